The zero-order valence-electron chi connectivity index (χ0n) is 16.9. The van der Waals surface area contributed by atoms with E-state index in [2.05, 4.69) is 19.9 Å². The maximum atomic E-state index is 6.27. The van der Waals surface area contributed by atoms with E-state index < -0.39 is 0 Å². The first kappa shape index (κ1) is 21.7. The van der Waals surface area contributed by atoms with E-state index in [0.29, 0.717) is 29.5 Å². The van der Waals surface area contributed by atoms with Crippen LogP contribution in [-0.4, -0.2) is 24.9 Å². The van der Waals surface area contributed by atoms with Gasteiger partial charge >= 0.3 is 0 Å². The predicted molar refractivity (Wildman–Crippen MR) is 127 cm³/mol. The Balaban J connectivity index is 0.00000245. The molecule has 3 aromatic heterocycles. The summed E-state index contributed by atoms with van der Waals surface area (Å²) in [5.74, 6) is 1.45. The number of aromatic nitrogens is 5. The molecule has 0 atom stereocenters. The van der Waals surface area contributed by atoms with Crippen molar-refractivity contribution in [3.05, 3.63) is 101 Å². The summed E-state index contributed by atoms with van der Waals surface area (Å²) in [5.41, 5.74) is 5.10. The lowest BCUT2D eigenvalue weighted by Gasteiger charge is -2.12. The smallest absolute Gasteiger partial charge is 0.181 e. The Morgan fingerprint density at radius 2 is 1.81 bits per heavy atom. The fourth-order valence-corrected chi connectivity index (χ4v) is 3.55. The van der Waals surface area contributed by atoms with Gasteiger partial charge in [0.2, 0.25) is 0 Å². The first-order chi connectivity index (χ1) is 15.2. The average Bonchev–Trinajstić information content (AvgIpc) is 3.24. The largest absolute Gasteiger partial charge is 0.489 e. The third kappa shape index (κ3) is 4.88. The van der Waals surface area contributed by atoms with Gasteiger partial charge in [-0.15, -0.1) is 12.4 Å². The molecule has 0 saturated carbocycles. The van der Waals surface area contributed by atoms with Crippen molar-refractivity contribution in [3.8, 4) is 17.3 Å². The average molecular weight is 464 g/mol. The second kappa shape index (κ2) is 9.77. The van der Waals surface area contributed by atoms with Crippen molar-refractivity contribution >= 4 is 35.2 Å². The Morgan fingerprint density at radius 1 is 0.938 bits per heavy atom. The van der Waals surface area contributed by atoms with Crippen LogP contribution in [0.4, 0.5) is 0 Å². The Bertz CT molecular complexity index is 1310. The molecule has 1 N–H and O–H groups in total. The summed E-state index contributed by atoms with van der Waals surface area (Å²) in [6.45, 7) is 0.489. The third-order valence-electron chi connectivity index (χ3n) is 4.84. The molecule has 6 nitrogen and oxygen atoms in total. The lowest BCUT2D eigenvalue weighted by atomic mass is 10.1. The van der Waals surface area contributed by atoms with Gasteiger partial charge in [0.1, 0.15) is 29.9 Å². The molecule has 0 spiro atoms. The third-order valence-corrected chi connectivity index (χ3v) is 5.08. The zero-order valence-corrected chi connectivity index (χ0v) is 18.5. The molecular formula is C24H19Cl2N5O. The van der Waals surface area contributed by atoms with Gasteiger partial charge in [-0.1, -0.05) is 48.0 Å². The fraction of sp³-hybridized carbons (Fsp3) is 0.0833. The van der Waals surface area contributed by atoms with Crippen molar-refractivity contribution in [3.63, 3.8) is 0 Å². The number of pyridine rings is 1. The molecule has 0 fully saturated rings. The van der Waals surface area contributed by atoms with Crippen molar-refractivity contribution in [1.82, 2.24) is 24.9 Å². The standard InChI is InChI=1S/C24H18ClN5O.ClH/c25-18-9-10-22(31-14-16-5-2-1-3-6-16)17(11-18)12-19-7-4-8-20(28-19)24-29-21-13-26-15-27-23(21)30-24;/h1-11,13,15H,12,14H2,(H,26,27,29,30);1H. The number of fused-ring (bicyclic) bond motifs is 1. The van der Waals surface area contributed by atoms with Gasteiger partial charge in [0, 0.05) is 22.7 Å². The van der Waals surface area contributed by atoms with E-state index >= 15 is 0 Å². The van der Waals surface area contributed by atoms with Crippen molar-refractivity contribution in [2.75, 3.05) is 0 Å². The minimum atomic E-state index is 0. The van der Waals surface area contributed by atoms with Crippen LogP contribution >= 0.6 is 24.0 Å². The van der Waals surface area contributed by atoms with Crippen LogP contribution in [0.3, 0.4) is 0 Å². The van der Waals surface area contributed by atoms with Gasteiger partial charge in [-0.25, -0.2) is 19.9 Å². The van der Waals surface area contributed by atoms with Crippen molar-refractivity contribution < 1.29 is 4.74 Å². The summed E-state index contributed by atoms with van der Waals surface area (Å²) in [5, 5.41) is 0.661. The number of nitrogens with one attached hydrogen (secondary N) is 1. The Hall–Kier alpha value is -3.48. The maximum Gasteiger partial charge on any atom is 0.181 e. The molecule has 0 saturated heterocycles. The highest BCUT2D eigenvalue weighted by molar-refractivity contribution is 6.30. The van der Waals surface area contributed by atoms with Crippen LogP contribution in [0.5, 0.6) is 5.75 Å². The highest BCUT2D eigenvalue weighted by Crippen LogP contribution is 2.27. The molecule has 0 aliphatic rings. The summed E-state index contributed by atoms with van der Waals surface area (Å²) < 4.78 is 6.09. The predicted octanol–water partition coefficient (Wildman–Crippen LogP) is 5.66. The molecule has 0 aliphatic heterocycles. The Morgan fingerprint density at radius 3 is 2.66 bits per heavy atom. The molecule has 160 valence electrons. The number of benzene rings is 2. The Labute approximate surface area is 196 Å². The van der Waals surface area contributed by atoms with Gasteiger partial charge in [-0.3, -0.25) is 0 Å². The number of hydrogen-bond acceptors (Lipinski definition) is 5. The summed E-state index contributed by atoms with van der Waals surface area (Å²) in [6, 6.07) is 21.6. The monoisotopic (exact) mass is 463 g/mol. The van der Waals surface area contributed by atoms with Crippen LogP contribution < -0.4 is 4.74 Å². The first-order valence-electron chi connectivity index (χ1n) is 9.82. The fourth-order valence-electron chi connectivity index (χ4n) is 3.35. The molecule has 0 bridgehead atoms. The molecule has 0 unspecified atom stereocenters. The van der Waals surface area contributed by atoms with E-state index in [1.807, 2.05) is 66.7 Å². The number of H-pyrrole nitrogens is 1. The minimum Gasteiger partial charge on any atom is -0.489 e. The number of ether oxygens (including phenoxy) is 1. The molecule has 32 heavy (non-hydrogen) atoms. The number of aromatic amines is 1. The summed E-state index contributed by atoms with van der Waals surface area (Å²) >= 11 is 6.27. The van der Waals surface area contributed by atoms with Crippen LogP contribution in [0.2, 0.25) is 5.02 Å². The van der Waals surface area contributed by atoms with Crippen LogP contribution in [0.1, 0.15) is 16.8 Å². The molecule has 0 amide bonds. The van der Waals surface area contributed by atoms with Gasteiger partial charge < -0.3 is 9.72 Å². The van der Waals surface area contributed by atoms with E-state index in [9.17, 15) is 0 Å². The van der Waals surface area contributed by atoms with Gasteiger partial charge in [-0.2, -0.15) is 0 Å². The molecule has 0 aliphatic carbocycles. The second-order valence-corrected chi connectivity index (χ2v) is 7.50. The molecular weight excluding hydrogens is 445 g/mol. The van der Waals surface area contributed by atoms with E-state index in [1.165, 1.54) is 6.33 Å². The highest BCUT2D eigenvalue weighted by Gasteiger charge is 2.11. The van der Waals surface area contributed by atoms with Gasteiger partial charge in [0.05, 0.1) is 6.20 Å². The molecule has 5 rings (SSSR count). The quantitative estimate of drug-likeness (QED) is 0.351. The van der Waals surface area contributed by atoms with Crippen LogP contribution in [0.15, 0.2) is 79.3 Å². The molecule has 8 heteroatoms. The second-order valence-electron chi connectivity index (χ2n) is 7.06. The Kier molecular flexibility index (Phi) is 6.63. The number of rotatable bonds is 6. The van der Waals surface area contributed by atoms with Crippen LogP contribution in [0, 0.1) is 0 Å². The SMILES string of the molecule is Cl.Clc1ccc(OCc2ccccc2)c(Cc2cccc(-c3nc4ncncc4[nH]3)n2)c1. The van der Waals surface area contributed by atoms with E-state index in [0.717, 1.165) is 33.8 Å². The molecule has 3 heterocycles. The van der Waals surface area contributed by atoms with Crippen molar-refractivity contribution in [1.29, 1.82) is 0 Å². The van der Waals surface area contributed by atoms with Gasteiger partial charge in [0.25, 0.3) is 0 Å². The number of nitrogens with zero attached hydrogens (tertiary/aromatic N) is 4. The summed E-state index contributed by atoms with van der Waals surface area (Å²) in [6.07, 6.45) is 3.76. The van der Waals surface area contributed by atoms with Gasteiger partial charge in [-0.05, 0) is 35.9 Å². The van der Waals surface area contributed by atoms with E-state index in [-0.39, 0.29) is 12.4 Å². The topological polar surface area (TPSA) is 76.6 Å². The van der Waals surface area contributed by atoms with Crippen LogP contribution in [0.25, 0.3) is 22.7 Å². The van der Waals surface area contributed by atoms with Crippen LogP contribution in [-0.2, 0) is 13.0 Å². The molecule has 2 aromatic carbocycles. The van der Waals surface area contributed by atoms with Gasteiger partial charge in [0.15, 0.2) is 11.5 Å². The number of imidazole rings is 1. The highest BCUT2D eigenvalue weighted by atomic mass is 35.5. The van der Waals surface area contributed by atoms with Crippen molar-refractivity contribution in [2.45, 2.75) is 13.0 Å². The van der Waals surface area contributed by atoms with E-state index in [1.54, 1.807) is 6.20 Å². The minimum absolute atomic E-state index is 0. The number of hydrogen-bond donors (Lipinski definition) is 1. The molecule has 0 radical (unpaired) electrons. The lowest BCUT2D eigenvalue weighted by Crippen LogP contribution is -2.01. The number of halogens is 2. The lowest BCUT2D eigenvalue weighted by molar-refractivity contribution is 0.303. The van der Waals surface area contributed by atoms with Crippen molar-refractivity contribution in [2.24, 2.45) is 0 Å². The molecule has 5 aromatic rings. The normalized spacial score (nSPS) is 10.7. The summed E-state index contributed by atoms with van der Waals surface area (Å²) in [4.78, 5) is 20.7. The first-order valence-corrected chi connectivity index (χ1v) is 10.2. The van der Waals surface area contributed by atoms with E-state index in [4.69, 9.17) is 21.3 Å². The zero-order chi connectivity index (χ0) is 21.0. The summed E-state index contributed by atoms with van der Waals surface area (Å²) in [7, 11) is 0. The maximum absolute atomic E-state index is 6.27.